The molecule has 1 amide bonds. The number of furan rings is 1. The fraction of sp³-hybridized carbons (Fsp3) is 0.0435. The number of hydrogen-bond acceptors (Lipinski definition) is 4. The Hall–Kier alpha value is -3.64. The van der Waals surface area contributed by atoms with E-state index < -0.39 is 11.7 Å². The molecule has 0 aliphatic rings. The Morgan fingerprint density at radius 2 is 1.87 bits per heavy atom. The number of amides is 1. The van der Waals surface area contributed by atoms with Crippen molar-refractivity contribution >= 4 is 40.5 Å². The number of carbonyl (C=O) groups is 2. The Labute approximate surface area is 176 Å². The van der Waals surface area contributed by atoms with E-state index in [1.807, 2.05) is 0 Å². The first kappa shape index (κ1) is 19.7. The second-order valence-electron chi connectivity index (χ2n) is 6.51. The number of rotatable bonds is 6. The molecule has 0 fully saturated rings. The number of aldehydes is 1. The van der Waals surface area contributed by atoms with Crippen molar-refractivity contribution in [2.24, 2.45) is 0 Å². The average molecular weight is 424 g/mol. The van der Waals surface area contributed by atoms with Crippen molar-refractivity contribution in [2.75, 3.05) is 5.32 Å². The second kappa shape index (κ2) is 8.39. The lowest BCUT2D eigenvalue weighted by atomic mass is 10.1. The maximum absolute atomic E-state index is 13.3. The average Bonchev–Trinajstić information content (AvgIpc) is 3.15. The van der Waals surface area contributed by atoms with Gasteiger partial charge in [-0.05, 0) is 66.2 Å². The van der Waals surface area contributed by atoms with Gasteiger partial charge in [0.1, 0.15) is 29.2 Å². The van der Waals surface area contributed by atoms with Crippen LogP contribution in [0.3, 0.4) is 0 Å². The molecule has 0 radical (unpaired) electrons. The Morgan fingerprint density at radius 3 is 2.60 bits per heavy atom. The molecular weight excluding hydrogens is 409 g/mol. The van der Waals surface area contributed by atoms with Gasteiger partial charge in [-0.1, -0.05) is 17.7 Å². The second-order valence-corrected chi connectivity index (χ2v) is 6.92. The molecule has 150 valence electrons. The molecule has 7 heteroatoms. The summed E-state index contributed by atoms with van der Waals surface area (Å²) in [5.74, 6) is 0.214. The number of fused-ring (bicyclic) bond motifs is 1. The monoisotopic (exact) mass is 423 g/mol. The van der Waals surface area contributed by atoms with E-state index in [2.05, 4.69) is 5.32 Å². The highest BCUT2D eigenvalue weighted by molar-refractivity contribution is 6.32. The molecule has 0 aliphatic carbocycles. The molecule has 0 aliphatic heterocycles. The minimum atomic E-state index is -0.450. The summed E-state index contributed by atoms with van der Waals surface area (Å²) in [5, 5.41) is 3.63. The topological polar surface area (TPSA) is 68.5 Å². The van der Waals surface area contributed by atoms with Gasteiger partial charge in [0, 0.05) is 17.5 Å². The van der Waals surface area contributed by atoms with Gasteiger partial charge >= 0.3 is 0 Å². The molecule has 1 N–H and O–H groups in total. The van der Waals surface area contributed by atoms with Crippen LogP contribution in [-0.4, -0.2) is 12.2 Å². The van der Waals surface area contributed by atoms with E-state index in [-0.39, 0.29) is 12.2 Å². The van der Waals surface area contributed by atoms with Crippen molar-refractivity contribution in [1.82, 2.24) is 0 Å². The minimum Gasteiger partial charge on any atom is -0.456 e. The summed E-state index contributed by atoms with van der Waals surface area (Å²) in [6.45, 7) is 0. The van der Waals surface area contributed by atoms with Crippen molar-refractivity contribution in [2.45, 2.75) is 6.42 Å². The van der Waals surface area contributed by atoms with Crippen LogP contribution in [0.2, 0.25) is 5.02 Å². The highest BCUT2D eigenvalue weighted by Gasteiger charge is 2.13. The molecule has 0 spiro atoms. The molecule has 30 heavy (non-hydrogen) atoms. The highest BCUT2D eigenvalue weighted by Crippen LogP contribution is 2.31. The van der Waals surface area contributed by atoms with Gasteiger partial charge in [0.25, 0.3) is 5.91 Å². The van der Waals surface area contributed by atoms with Crippen LogP contribution in [0.15, 0.2) is 71.1 Å². The van der Waals surface area contributed by atoms with Crippen molar-refractivity contribution in [3.05, 3.63) is 88.9 Å². The van der Waals surface area contributed by atoms with E-state index in [1.54, 1.807) is 42.5 Å². The Kier molecular flexibility index (Phi) is 5.50. The van der Waals surface area contributed by atoms with Crippen molar-refractivity contribution in [3.8, 4) is 11.5 Å². The highest BCUT2D eigenvalue weighted by atomic mass is 35.5. The summed E-state index contributed by atoms with van der Waals surface area (Å²) in [4.78, 5) is 23.0. The molecule has 0 saturated carbocycles. The quantitative estimate of drug-likeness (QED) is 0.385. The largest absolute Gasteiger partial charge is 0.456 e. The number of nitrogens with one attached hydrogen (secondary N) is 1. The first-order valence-corrected chi connectivity index (χ1v) is 9.40. The fourth-order valence-corrected chi connectivity index (χ4v) is 3.14. The van der Waals surface area contributed by atoms with E-state index in [0.717, 1.165) is 11.8 Å². The van der Waals surface area contributed by atoms with Gasteiger partial charge in [0.15, 0.2) is 5.76 Å². The SMILES string of the molecule is O=CCc1ccc(Oc2ccc(NC(=O)c3cc4cc(F)ccc4o3)cc2)c(Cl)c1. The molecule has 4 aromatic rings. The summed E-state index contributed by atoms with van der Waals surface area (Å²) in [6, 6.07) is 17.4. The van der Waals surface area contributed by atoms with Crippen LogP contribution >= 0.6 is 11.6 Å². The third kappa shape index (κ3) is 4.34. The van der Waals surface area contributed by atoms with E-state index in [4.69, 9.17) is 20.8 Å². The summed E-state index contributed by atoms with van der Waals surface area (Å²) >= 11 is 6.19. The van der Waals surface area contributed by atoms with Gasteiger partial charge in [-0.2, -0.15) is 0 Å². The first-order chi connectivity index (χ1) is 14.5. The standard InChI is InChI=1S/C23H15ClFNO4/c24-19-11-14(9-10-27)1-7-21(19)29-18-5-3-17(4-6-18)26-23(28)22-13-15-12-16(25)2-8-20(15)30-22/h1-8,10-13H,9H2,(H,26,28). The molecule has 0 atom stereocenters. The van der Waals surface area contributed by atoms with E-state index >= 15 is 0 Å². The van der Waals surface area contributed by atoms with Crippen LogP contribution in [0.5, 0.6) is 11.5 Å². The Balaban J connectivity index is 1.44. The van der Waals surface area contributed by atoms with Crippen LogP contribution in [0.4, 0.5) is 10.1 Å². The molecule has 0 saturated heterocycles. The van der Waals surface area contributed by atoms with E-state index in [1.165, 1.54) is 24.3 Å². The number of benzene rings is 3. The predicted molar refractivity (Wildman–Crippen MR) is 112 cm³/mol. The Morgan fingerprint density at radius 1 is 1.07 bits per heavy atom. The smallest absolute Gasteiger partial charge is 0.291 e. The lowest BCUT2D eigenvalue weighted by molar-refractivity contribution is -0.107. The number of carbonyl (C=O) groups excluding carboxylic acids is 2. The van der Waals surface area contributed by atoms with Gasteiger partial charge in [-0.15, -0.1) is 0 Å². The number of ether oxygens (including phenoxy) is 1. The van der Waals surface area contributed by atoms with Crippen molar-refractivity contribution < 1.29 is 23.1 Å². The number of halogens is 2. The first-order valence-electron chi connectivity index (χ1n) is 9.02. The van der Waals surface area contributed by atoms with E-state index in [9.17, 15) is 14.0 Å². The molecule has 5 nitrogen and oxygen atoms in total. The zero-order valence-electron chi connectivity index (χ0n) is 15.5. The molecule has 1 aromatic heterocycles. The molecule has 3 aromatic carbocycles. The summed E-state index contributed by atoms with van der Waals surface area (Å²) < 4.78 is 24.5. The van der Waals surface area contributed by atoms with Crippen molar-refractivity contribution in [1.29, 1.82) is 0 Å². The maximum atomic E-state index is 13.3. The molecule has 4 rings (SSSR count). The zero-order chi connectivity index (χ0) is 21.1. The summed E-state index contributed by atoms with van der Waals surface area (Å²) in [5.41, 5.74) is 1.77. The Bertz CT molecular complexity index is 1230. The molecule has 1 heterocycles. The van der Waals surface area contributed by atoms with Crippen LogP contribution in [0, 0.1) is 5.82 Å². The van der Waals surface area contributed by atoms with E-state index in [0.29, 0.717) is 33.2 Å². The van der Waals surface area contributed by atoms with Gasteiger partial charge in [-0.3, -0.25) is 4.79 Å². The van der Waals surface area contributed by atoms with Crippen molar-refractivity contribution in [3.63, 3.8) is 0 Å². The third-order valence-corrected chi connectivity index (χ3v) is 4.65. The summed E-state index contributed by atoms with van der Waals surface area (Å²) in [7, 11) is 0. The number of anilines is 1. The minimum absolute atomic E-state index is 0.0816. The van der Waals surface area contributed by atoms with Crippen LogP contribution in [0.25, 0.3) is 11.0 Å². The normalized spacial score (nSPS) is 10.7. The van der Waals surface area contributed by atoms with Crippen LogP contribution in [-0.2, 0) is 11.2 Å². The lowest BCUT2D eigenvalue weighted by Gasteiger charge is -2.09. The van der Waals surface area contributed by atoms with Gasteiger partial charge in [0.2, 0.25) is 0 Å². The van der Waals surface area contributed by atoms with Crippen LogP contribution in [0.1, 0.15) is 16.1 Å². The summed E-state index contributed by atoms with van der Waals surface area (Å²) in [6.07, 6.45) is 1.09. The molecule has 0 bridgehead atoms. The molecular formula is C23H15ClFNO4. The van der Waals surface area contributed by atoms with Gasteiger partial charge in [0.05, 0.1) is 5.02 Å². The third-order valence-electron chi connectivity index (χ3n) is 4.36. The maximum Gasteiger partial charge on any atom is 0.291 e. The lowest BCUT2D eigenvalue weighted by Crippen LogP contribution is -2.10. The molecule has 0 unspecified atom stereocenters. The van der Waals surface area contributed by atoms with Crippen LogP contribution < -0.4 is 10.1 Å². The van der Waals surface area contributed by atoms with Gasteiger partial charge in [-0.25, -0.2) is 4.39 Å². The predicted octanol–water partition coefficient (Wildman–Crippen LogP) is 6.01. The number of hydrogen-bond donors (Lipinski definition) is 1. The van der Waals surface area contributed by atoms with Gasteiger partial charge < -0.3 is 19.3 Å². The zero-order valence-corrected chi connectivity index (χ0v) is 16.3. The fourth-order valence-electron chi connectivity index (χ4n) is 2.90.